The van der Waals surface area contributed by atoms with Gasteiger partial charge in [-0.2, -0.15) is 0 Å². The summed E-state index contributed by atoms with van der Waals surface area (Å²) in [6.45, 7) is 4.09. The van der Waals surface area contributed by atoms with Crippen molar-refractivity contribution in [3.05, 3.63) is 72.9 Å². The minimum atomic E-state index is -0.774. The molecule has 0 aliphatic rings. The van der Waals surface area contributed by atoms with Crippen LogP contribution in [0.15, 0.2) is 72.9 Å². The first-order valence-electron chi connectivity index (χ1n) is 40.0. The molecule has 1 N–H and O–H groups in total. The molecule has 0 amide bonds. The van der Waals surface area contributed by atoms with Crippen LogP contribution in [0.2, 0.25) is 0 Å². The Bertz CT molecular complexity index is 1550. The topological polar surface area (TPSA) is 72.8 Å². The number of aliphatic hydroxyl groups is 1. The molecule has 0 aliphatic carbocycles. The molecule has 0 saturated heterocycles. The Morgan fingerprint density at radius 3 is 0.730 bits per heavy atom. The minimum absolute atomic E-state index is 0.0618. The highest BCUT2D eigenvalue weighted by atomic mass is 16.6. The van der Waals surface area contributed by atoms with Crippen LogP contribution in [0.25, 0.3) is 0 Å². The zero-order valence-corrected chi connectivity index (χ0v) is 60.0. The van der Waals surface area contributed by atoms with E-state index in [1.54, 1.807) is 0 Å². The maximum Gasteiger partial charge on any atom is 0.306 e. The van der Waals surface area contributed by atoms with Crippen LogP contribution in [-0.2, 0) is 19.1 Å². The van der Waals surface area contributed by atoms with Gasteiger partial charge in [0.1, 0.15) is 6.61 Å². The second-order valence-electron chi connectivity index (χ2n) is 27.1. The average Bonchev–Trinajstić information content (AvgIpc) is 3.55. The highest BCUT2D eigenvalue weighted by Gasteiger charge is 2.16. The number of allylic oxidation sites excluding steroid dienone is 12. The van der Waals surface area contributed by atoms with Crippen LogP contribution in [0.4, 0.5) is 0 Å². The Morgan fingerprint density at radius 1 is 0.270 bits per heavy atom. The van der Waals surface area contributed by atoms with Crippen molar-refractivity contribution in [1.82, 2.24) is 0 Å². The van der Waals surface area contributed by atoms with Crippen molar-refractivity contribution in [2.75, 3.05) is 13.2 Å². The Labute approximate surface area is 556 Å². The van der Waals surface area contributed by atoms with Crippen LogP contribution in [0.3, 0.4) is 0 Å². The fourth-order valence-corrected chi connectivity index (χ4v) is 12.3. The Balaban J connectivity index is 3.38. The van der Waals surface area contributed by atoms with E-state index in [2.05, 4.69) is 86.8 Å². The molecule has 0 aromatic rings. The number of hydrogen-bond donors (Lipinski definition) is 1. The summed E-state index contributed by atoms with van der Waals surface area (Å²) < 4.78 is 10.8. The number of rotatable bonds is 75. The third kappa shape index (κ3) is 77.7. The minimum Gasteiger partial charge on any atom is -0.462 e. The van der Waals surface area contributed by atoms with E-state index in [0.717, 1.165) is 70.6 Å². The molecule has 0 rings (SSSR count). The van der Waals surface area contributed by atoms with E-state index in [9.17, 15) is 14.7 Å². The predicted octanol–water partition coefficient (Wildman–Crippen LogP) is 28.2. The van der Waals surface area contributed by atoms with E-state index in [1.807, 2.05) is 0 Å². The van der Waals surface area contributed by atoms with Crippen molar-refractivity contribution in [3.8, 4) is 0 Å². The number of aliphatic hydroxyl groups excluding tert-OH is 1. The van der Waals surface area contributed by atoms with Gasteiger partial charge in [0, 0.05) is 12.8 Å². The van der Waals surface area contributed by atoms with Crippen LogP contribution >= 0.6 is 0 Å². The number of ether oxygens (including phenoxy) is 2. The molecule has 0 aromatic carbocycles. The fourth-order valence-electron chi connectivity index (χ4n) is 12.3. The van der Waals surface area contributed by atoms with Gasteiger partial charge in [-0.15, -0.1) is 0 Å². The summed E-state index contributed by atoms with van der Waals surface area (Å²) in [4.78, 5) is 24.7. The molecule has 0 spiro atoms. The monoisotopic (exact) mass is 1240 g/mol. The van der Waals surface area contributed by atoms with E-state index < -0.39 is 6.10 Å². The average molecular weight is 1240 g/mol. The second-order valence-corrected chi connectivity index (χ2v) is 27.1. The van der Waals surface area contributed by atoms with E-state index in [-0.39, 0.29) is 25.2 Å². The largest absolute Gasteiger partial charge is 0.462 e. The molecule has 0 aliphatic heterocycles. The van der Waals surface area contributed by atoms with Crippen molar-refractivity contribution in [3.63, 3.8) is 0 Å². The van der Waals surface area contributed by atoms with Crippen molar-refractivity contribution >= 4 is 11.9 Å². The second kappa shape index (κ2) is 79.6. The van der Waals surface area contributed by atoms with Gasteiger partial charge in [0.25, 0.3) is 0 Å². The third-order valence-corrected chi connectivity index (χ3v) is 18.3. The molecule has 0 radical (unpaired) electrons. The standard InChI is InChI=1S/C84H154O5/c1-3-5-7-9-11-13-15-17-19-21-23-25-27-29-31-33-35-37-39-40-41-42-43-45-46-48-50-52-54-56-58-60-62-64-66-68-70-72-74-76-78-83(86)88-81-82(80-85)89-84(87)79-77-75-73-71-69-67-65-63-61-59-57-55-53-51-49-47-44-38-36-34-32-30-28-26-24-22-20-18-16-14-12-10-8-6-4-2/h6,8,12,14,18,20,24,26,30,32,36,38,82,85H,3-5,7,9-11,13,15-17,19,21-23,25,27-29,31,33-35,37,39-81H2,1-2H3/b8-6-,14-12-,20-18-,26-24-,32-30-,38-36-. The molecule has 0 saturated carbocycles. The fraction of sp³-hybridized carbons (Fsp3) is 0.833. The van der Waals surface area contributed by atoms with E-state index in [4.69, 9.17) is 9.47 Å². The summed E-state index contributed by atoms with van der Waals surface area (Å²) in [6, 6.07) is 0. The molecule has 5 nitrogen and oxygen atoms in total. The number of carbonyl (C=O) groups is 2. The SMILES string of the molecule is CC/C=C\C/C=C\C/C=C\C/C=C\C/C=C\C/C=C\CCCCCCCCCCCCCCCCCCC(=O)OC(CO)COC(=O)CCCCCCCCCCCCCCCCCCCCCCCCCCCCCCCCCCCCCCCCCC. The summed E-state index contributed by atoms with van der Waals surface area (Å²) in [5, 5.41) is 9.73. The van der Waals surface area contributed by atoms with Gasteiger partial charge < -0.3 is 14.6 Å². The lowest BCUT2D eigenvalue weighted by Crippen LogP contribution is -2.28. The summed E-state index contributed by atoms with van der Waals surface area (Å²) in [6.07, 6.45) is 111. The maximum atomic E-state index is 12.4. The lowest BCUT2D eigenvalue weighted by atomic mass is 10.0. The van der Waals surface area contributed by atoms with Crippen LogP contribution < -0.4 is 0 Å². The highest BCUT2D eigenvalue weighted by molar-refractivity contribution is 5.70. The predicted molar refractivity (Wildman–Crippen MR) is 394 cm³/mol. The van der Waals surface area contributed by atoms with Gasteiger partial charge in [-0.3, -0.25) is 9.59 Å². The molecule has 520 valence electrons. The molecule has 5 heteroatoms. The normalized spacial score (nSPS) is 12.5. The summed E-state index contributed by atoms with van der Waals surface area (Å²) in [7, 11) is 0. The molecule has 0 bridgehead atoms. The molecule has 0 aromatic heterocycles. The van der Waals surface area contributed by atoms with Crippen molar-refractivity contribution in [2.45, 2.75) is 437 Å². The van der Waals surface area contributed by atoms with Gasteiger partial charge in [-0.25, -0.2) is 0 Å². The quantitative estimate of drug-likeness (QED) is 0.0373. The molecule has 1 atom stereocenters. The molecule has 0 fully saturated rings. The van der Waals surface area contributed by atoms with Gasteiger partial charge in [0.05, 0.1) is 6.61 Å². The van der Waals surface area contributed by atoms with E-state index >= 15 is 0 Å². The summed E-state index contributed by atoms with van der Waals surface area (Å²) in [5.74, 6) is -0.569. The summed E-state index contributed by atoms with van der Waals surface area (Å²) >= 11 is 0. The van der Waals surface area contributed by atoms with Crippen LogP contribution in [-0.4, -0.2) is 36.4 Å². The zero-order chi connectivity index (χ0) is 64.0. The van der Waals surface area contributed by atoms with Gasteiger partial charge in [0.15, 0.2) is 6.10 Å². The maximum absolute atomic E-state index is 12.4. The molecule has 89 heavy (non-hydrogen) atoms. The zero-order valence-electron chi connectivity index (χ0n) is 60.0. The first-order valence-corrected chi connectivity index (χ1v) is 40.0. The number of esters is 2. The van der Waals surface area contributed by atoms with Crippen molar-refractivity contribution < 1.29 is 24.2 Å². The Morgan fingerprint density at radius 2 is 0.483 bits per heavy atom. The molecule has 1 unspecified atom stereocenters. The smallest absolute Gasteiger partial charge is 0.306 e. The molecular weight excluding hydrogens is 1090 g/mol. The van der Waals surface area contributed by atoms with Crippen molar-refractivity contribution in [1.29, 1.82) is 0 Å². The highest BCUT2D eigenvalue weighted by Crippen LogP contribution is 2.20. The van der Waals surface area contributed by atoms with Crippen LogP contribution in [0.5, 0.6) is 0 Å². The third-order valence-electron chi connectivity index (χ3n) is 18.3. The summed E-state index contributed by atoms with van der Waals surface area (Å²) in [5.41, 5.74) is 0. The van der Waals surface area contributed by atoms with Crippen LogP contribution in [0, 0.1) is 0 Å². The van der Waals surface area contributed by atoms with E-state index in [0.29, 0.717) is 12.8 Å². The number of unbranched alkanes of at least 4 members (excludes halogenated alkanes) is 55. The first-order chi connectivity index (χ1) is 44.1. The van der Waals surface area contributed by atoms with Gasteiger partial charge in [-0.1, -0.05) is 427 Å². The van der Waals surface area contributed by atoms with E-state index in [1.165, 1.54) is 334 Å². The van der Waals surface area contributed by atoms with Gasteiger partial charge in [-0.05, 0) is 64.2 Å². The van der Waals surface area contributed by atoms with Crippen molar-refractivity contribution in [2.24, 2.45) is 0 Å². The Hall–Kier alpha value is -2.66. The lowest BCUT2D eigenvalue weighted by molar-refractivity contribution is -0.161. The van der Waals surface area contributed by atoms with Crippen LogP contribution in [0.1, 0.15) is 431 Å². The van der Waals surface area contributed by atoms with Gasteiger partial charge in [0.2, 0.25) is 0 Å². The number of hydrogen-bond acceptors (Lipinski definition) is 5. The molecular formula is C84H154O5. The lowest BCUT2D eigenvalue weighted by Gasteiger charge is -2.15. The number of carbonyl (C=O) groups excluding carboxylic acids is 2. The molecule has 0 heterocycles. The van der Waals surface area contributed by atoms with Gasteiger partial charge >= 0.3 is 11.9 Å². The first kappa shape index (κ1) is 86.3. The Kier molecular flexibility index (Phi) is 77.2.